The predicted octanol–water partition coefficient (Wildman–Crippen LogP) is 3.87. The lowest BCUT2D eigenvalue weighted by Crippen LogP contribution is -2.30. The molecular weight excluding hydrogens is 368 g/mol. The van der Waals surface area contributed by atoms with E-state index < -0.39 is 22.9 Å². The molecule has 0 heterocycles. The summed E-state index contributed by atoms with van der Waals surface area (Å²) < 4.78 is 5.13. The number of para-hydroxylation sites is 2. The van der Waals surface area contributed by atoms with Gasteiger partial charge >= 0.3 is 5.97 Å². The van der Waals surface area contributed by atoms with E-state index in [1.807, 2.05) is 32.0 Å². The minimum atomic E-state index is -1.07. The highest BCUT2D eigenvalue weighted by Gasteiger charge is 2.21. The number of nitrogens with one attached hydrogen (secondary N) is 1. The zero-order valence-electron chi connectivity index (χ0n) is 15.2. The fraction of sp³-hybridized carbons (Fsp3) is 0.263. The number of esters is 1. The molecule has 0 aliphatic heterocycles. The molecule has 0 unspecified atom stereocenters. The van der Waals surface area contributed by atoms with Crippen molar-refractivity contribution in [2.75, 3.05) is 11.1 Å². The molecule has 0 aliphatic carbocycles. The first-order valence-corrected chi connectivity index (χ1v) is 9.20. The van der Waals surface area contributed by atoms with Gasteiger partial charge in [-0.3, -0.25) is 19.7 Å². The molecule has 0 bridgehead atoms. The van der Waals surface area contributed by atoms with Gasteiger partial charge in [-0.25, -0.2) is 0 Å². The Bertz CT molecular complexity index is 869. The lowest BCUT2D eigenvalue weighted by Gasteiger charge is -2.14. The molecule has 0 spiro atoms. The van der Waals surface area contributed by atoms with Gasteiger partial charge in [0.25, 0.3) is 11.6 Å². The average Bonchev–Trinajstić information content (AvgIpc) is 2.61. The first-order valence-electron chi connectivity index (χ1n) is 8.21. The summed E-state index contributed by atoms with van der Waals surface area (Å²) in [6.45, 7) is 5.38. The summed E-state index contributed by atoms with van der Waals surface area (Å²) >= 11 is 1.33. The molecule has 0 aromatic heterocycles. The topological polar surface area (TPSA) is 98.5 Å². The number of amides is 1. The van der Waals surface area contributed by atoms with Crippen molar-refractivity contribution in [3.05, 3.63) is 63.7 Å². The van der Waals surface area contributed by atoms with Crippen LogP contribution in [0.3, 0.4) is 0 Å². The Morgan fingerprint density at radius 1 is 1.22 bits per heavy atom. The summed E-state index contributed by atoms with van der Waals surface area (Å²) in [4.78, 5) is 35.5. The van der Waals surface area contributed by atoms with Gasteiger partial charge in [-0.15, -0.1) is 11.8 Å². The van der Waals surface area contributed by atoms with Crippen LogP contribution in [0.4, 0.5) is 11.4 Å². The summed E-state index contributed by atoms with van der Waals surface area (Å²) in [5.41, 5.74) is 2.03. The first-order chi connectivity index (χ1) is 12.8. The highest BCUT2D eigenvalue weighted by Crippen LogP contribution is 2.24. The average molecular weight is 388 g/mol. The molecule has 1 N–H and O–H groups in total. The van der Waals surface area contributed by atoms with Crippen LogP contribution in [0.1, 0.15) is 18.1 Å². The number of ether oxygens (including phenoxy) is 1. The first kappa shape index (κ1) is 20.4. The van der Waals surface area contributed by atoms with Crippen molar-refractivity contribution < 1.29 is 19.2 Å². The van der Waals surface area contributed by atoms with E-state index in [0.717, 1.165) is 16.0 Å². The fourth-order valence-electron chi connectivity index (χ4n) is 2.36. The monoisotopic (exact) mass is 388 g/mol. The third-order valence-corrected chi connectivity index (χ3v) is 4.86. The van der Waals surface area contributed by atoms with Crippen LogP contribution in [0.5, 0.6) is 0 Å². The van der Waals surface area contributed by atoms with Crippen LogP contribution in [-0.2, 0) is 14.3 Å². The number of anilines is 1. The summed E-state index contributed by atoms with van der Waals surface area (Å²) in [7, 11) is 0. The maximum Gasteiger partial charge on any atom is 0.317 e. The van der Waals surface area contributed by atoms with Crippen LogP contribution in [-0.4, -0.2) is 28.7 Å². The summed E-state index contributed by atoms with van der Waals surface area (Å²) in [6.07, 6.45) is -1.07. The molecule has 27 heavy (non-hydrogen) atoms. The number of aryl methyl sites for hydroxylation is 2. The number of rotatable bonds is 7. The van der Waals surface area contributed by atoms with Crippen molar-refractivity contribution in [3.63, 3.8) is 0 Å². The molecule has 0 fully saturated rings. The van der Waals surface area contributed by atoms with E-state index in [1.54, 1.807) is 6.07 Å². The Labute approximate surface area is 161 Å². The minimum Gasteiger partial charge on any atom is -0.452 e. The second-order valence-corrected chi connectivity index (χ2v) is 6.97. The van der Waals surface area contributed by atoms with Crippen LogP contribution in [0, 0.1) is 24.0 Å². The number of hydrogen-bond donors (Lipinski definition) is 1. The van der Waals surface area contributed by atoms with Gasteiger partial charge < -0.3 is 10.1 Å². The van der Waals surface area contributed by atoms with Gasteiger partial charge in [0.15, 0.2) is 6.10 Å². The van der Waals surface area contributed by atoms with Crippen LogP contribution >= 0.6 is 11.8 Å². The predicted molar refractivity (Wildman–Crippen MR) is 104 cm³/mol. The zero-order chi connectivity index (χ0) is 20.0. The lowest BCUT2D eigenvalue weighted by atomic mass is 10.2. The Hall–Kier alpha value is -2.87. The Morgan fingerprint density at radius 2 is 1.93 bits per heavy atom. The number of nitro benzene ring substituents is 1. The summed E-state index contributed by atoms with van der Waals surface area (Å²) in [5.74, 6) is -1.10. The summed E-state index contributed by atoms with van der Waals surface area (Å²) in [6, 6.07) is 11.7. The van der Waals surface area contributed by atoms with E-state index in [1.165, 1.54) is 36.9 Å². The summed E-state index contributed by atoms with van der Waals surface area (Å²) in [5, 5.41) is 13.4. The van der Waals surface area contributed by atoms with E-state index in [4.69, 9.17) is 4.74 Å². The van der Waals surface area contributed by atoms with Crippen molar-refractivity contribution >= 4 is 35.0 Å². The van der Waals surface area contributed by atoms with E-state index in [2.05, 4.69) is 5.32 Å². The third-order valence-electron chi connectivity index (χ3n) is 3.71. The Balaban J connectivity index is 1.90. The van der Waals surface area contributed by atoms with Gasteiger partial charge in [0.05, 0.1) is 10.7 Å². The number of thioether (sulfide) groups is 1. The van der Waals surface area contributed by atoms with Gasteiger partial charge in [-0.1, -0.05) is 29.8 Å². The van der Waals surface area contributed by atoms with Crippen molar-refractivity contribution in [3.8, 4) is 0 Å². The zero-order valence-corrected chi connectivity index (χ0v) is 16.0. The van der Waals surface area contributed by atoms with Gasteiger partial charge in [0.1, 0.15) is 5.69 Å². The van der Waals surface area contributed by atoms with Gasteiger partial charge in [-0.05, 0) is 38.5 Å². The van der Waals surface area contributed by atoms with Crippen molar-refractivity contribution in [1.29, 1.82) is 0 Å². The highest BCUT2D eigenvalue weighted by atomic mass is 32.2. The Kier molecular flexibility index (Phi) is 6.95. The molecule has 8 heteroatoms. The van der Waals surface area contributed by atoms with Crippen molar-refractivity contribution in [2.45, 2.75) is 31.8 Å². The second kappa shape index (κ2) is 9.18. The fourth-order valence-corrected chi connectivity index (χ4v) is 3.15. The van der Waals surface area contributed by atoms with Gasteiger partial charge in [0, 0.05) is 11.0 Å². The molecule has 0 saturated carbocycles. The molecule has 142 valence electrons. The molecule has 0 saturated heterocycles. The number of benzene rings is 2. The van der Waals surface area contributed by atoms with Gasteiger partial charge in [-0.2, -0.15) is 0 Å². The largest absolute Gasteiger partial charge is 0.452 e. The van der Waals surface area contributed by atoms with E-state index in [-0.39, 0.29) is 17.1 Å². The number of carbonyl (C=O) groups excluding carboxylic acids is 2. The normalized spacial score (nSPS) is 11.5. The number of nitro groups is 1. The molecule has 0 aliphatic rings. The van der Waals surface area contributed by atoms with E-state index in [0.29, 0.717) is 0 Å². The molecule has 0 radical (unpaired) electrons. The van der Waals surface area contributed by atoms with Crippen LogP contribution < -0.4 is 5.32 Å². The molecular formula is C19H20N2O5S. The van der Waals surface area contributed by atoms with E-state index in [9.17, 15) is 19.7 Å². The van der Waals surface area contributed by atoms with Crippen molar-refractivity contribution in [2.24, 2.45) is 0 Å². The SMILES string of the molecule is Cc1ccc(SCC(=O)O[C@H](C)C(=O)Nc2ccccc2[N+](=O)[O-])c(C)c1. The highest BCUT2D eigenvalue weighted by molar-refractivity contribution is 8.00. The number of hydrogen-bond acceptors (Lipinski definition) is 6. The lowest BCUT2D eigenvalue weighted by molar-refractivity contribution is -0.383. The molecule has 1 amide bonds. The molecule has 7 nitrogen and oxygen atoms in total. The number of carbonyl (C=O) groups is 2. The van der Waals surface area contributed by atoms with Crippen LogP contribution in [0.15, 0.2) is 47.4 Å². The quantitative estimate of drug-likeness (QED) is 0.335. The second-order valence-electron chi connectivity index (χ2n) is 5.95. The van der Waals surface area contributed by atoms with Gasteiger partial charge in [0.2, 0.25) is 0 Å². The standard InChI is InChI=1S/C19H20N2O5S/c1-12-8-9-17(13(2)10-12)27-11-18(22)26-14(3)19(23)20-15-6-4-5-7-16(15)21(24)25/h4-10,14H,11H2,1-3H3,(H,20,23)/t14-/m1/s1. The van der Waals surface area contributed by atoms with Crippen LogP contribution in [0.25, 0.3) is 0 Å². The third kappa shape index (κ3) is 5.82. The molecule has 2 aromatic rings. The van der Waals surface area contributed by atoms with Crippen LogP contribution in [0.2, 0.25) is 0 Å². The minimum absolute atomic E-state index is 0.0556. The number of nitrogens with zero attached hydrogens (tertiary/aromatic N) is 1. The smallest absolute Gasteiger partial charge is 0.317 e. The molecule has 2 aromatic carbocycles. The van der Waals surface area contributed by atoms with Crippen molar-refractivity contribution in [1.82, 2.24) is 0 Å². The van der Waals surface area contributed by atoms with E-state index >= 15 is 0 Å². The molecule has 2 rings (SSSR count). The maximum atomic E-state index is 12.2. The maximum absolute atomic E-state index is 12.2. The Morgan fingerprint density at radius 3 is 2.59 bits per heavy atom. The molecule has 1 atom stereocenters.